The fourth-order valence-electron chi connectivity index (χ4n) is 2.75. The Hall–Kier alpha value is -3.13. The predicted molar refractivity (Wildman–Crippen MR) is 99.6 cm³/mol. The molecule has 28 heavy (non-hydrogen) atoms. The number of rotatable bonds is 6. The first-order chi connectivity index (χ1) is 13.6. The second-order valence-corrected chi connectivity index (χ2v) is 6.78. The van der Waals surface area contributed by atoms with Crippen molar-refractivity contribution in [2.24, 2.45) is 5.92 Å². The Kier molecular flexibility index (Phi) is 5.12. The van der Waals surface area contributed by atoms with Gasteiger partial charge in [-0.2, -0.15) is 5.10 Å². The van der Waals surface area contributed by atoms with Gasteiger partial charge in [0, 0.05) is 35.5 Å². The minimum atomic E-state index is -0.360. The molecular formula is C20H19FN4O3. The number of hydrogen-bond donors (Lipinski definition) is 0. The Bertz CT molecular complexity index is 1030. The molecule has 1 aromatic carbocycles. The average molecular weight is 382 g/mol. The van der Waals surface area contributed by atoms with Crippen molar-refractivity contribution in [3.63, 3.8) is 0 Å². The number of aromatic nitrogens is 4. The number of aryl methyl sites for hydroxylation is 1. The smallest absolute Gasteiger partial charge is 0.316 e. The van der Waals surface area contributed by atoms with E-state index in [4.69, 9.17) is 9.47 Å². The number of ether oxygens (including phenoxy) is 2. The molecule has 1 saturated heterocycles. The Morgan fingerprint density at radius 3 is 2.68 bits per heavy atom. The molecular weight excluding hydrogens is 363 g/mol. The van der Waals surface area contributed by atoms with Crippen LogP contribution in [0.3, 0.4) is 0 Å². The molecule has 1 aliphatic heterocycles. The van der Waals surface area contributed by atoms with Crippen LogP contribution in [0.5, 0.6) is 6.01 Å². The highest BCUT2D eigenvalue weighted by Gasteiger charge is 2.19. The molecule has 0 N–H and O–H groups in total. The monoisotopic (exact) mass is 382 g/mol. The SMILES string of the molecule is Cc1ccc(Cn2nc(-c3cnc(OCC4COC4)nc3)ccc2=O)c(F)c1. The molecule has 0 aliphatic carbocycles. The van der Waals surface area contributed by atoms with E-state index < -0.39 is 0 Å². The van der Waals surface area contributed by atoms with E-state index in [0.29, 0.717) is 42.6 Å². The topological polar surface area (TPSA) is 79.1 Å². The molecule has 3 heterocycles. The highest BCUT2D eigenvalue weighted by atomic mass is 19.1. The van der Waals surface area contributed by atoms with Gasteiger partial charge in [0.2, 0.25) is 0 Å². The van der Waals surface area contributed by atoms with Crippen LogP contribution in [-0.2, 0) is 11.3 Å². The standard InChI is InChI=1S/C20H19FN4O3/c1-13-2-3-15(17(21)6-13)9-25-19(26)5-4-18(24-25)16-7-22-20(23-8-16)28-12-14-10-27-11-14/h2-8,14H,9-12H2,1H3. The van der Waals surface area contributed by atoms with Crippen LogP contribution in [0, 0.1) is 18.7 Å². The molecule has 144 valence electrons. The van der Waals surface area contributed by atoms with Crippen LogP contribution in [0.15, 0.2) is 47.5 Å². The molecule has 8 heteroatoms. The van der Waals surface area contributed by atoms with Crippen LogP contribution in [0.25, 0.3) is 11.3 Å². The first kappa shape index (κ1) is 18.2. The lowest BCUT2D eigenvalue weighted by Gasteiger charge is -2.25. The van der Waals surface area contributed by atoms with Gasteiger partial charge in [-0.05, 0) is 24.6 Å². The Labute approximate surface area is 160 Å². The van der Waals surface area contributed by atoms with Crippen molar-refractivity contribution in [3.8, 4) is 17.3 Å². The van der Waals surface area contributed by atoms with Gasteiger partial charge in [0.1, 0.15) is 5.82 Å². The van der Waals surface area contributed by atoms with E-state index in [2.05, 4.69) is 15.1 Å². The summed E-state index contributed by atoms with van der Waals surface area (Å²) in [7, 11) is 0. The summed E-state index contributed by atoms with van der Waals surface area (Å²) in [5.74, 6) is 0.0245. The van der Waals surface area contributed by atoms with Gasteiger partial charge in [-0.1, -0.05) is 12.1 Å². The second-order valence-electron chi connectivity index (χ2n) is 6.78. The van der Waals surface area contributed by atoms with E-state index in [1.165, 1.54) is 16.8 Å². The van der Waals surface area contributed by atoms with E-state index >= 15 is 0 Å². The summed E-state index contributed by atoms with van der Waals surface area (Å²) in [6.07, 6.45) is 3.17. The maximum absolute atomic E-state index is 14.1. The van der Waals surface area contributed by atoms with Crippen LogP contribution >= 0.6 is 0 Å². The molecule has 2 aromatic heterocycles. The van der Waals surface area contributed by atoms with Crippen molar-refractivity contribution < 1.29 is 13.9 Å². The lowest BCUT2D eigenvalue weighted by atomic mass is 10.1. The third-order valence-electron chi connectivity index (χ3n) is 4.47. The van der Waals surface area contributed by atoms with Crippen molar-refractivity contribution >= 4 is 0 Å². The third-order valence-corrected chi connectivity index (χ3v) is 4.47. The fourth-order valence-corrected chi connectivity index (χ4v) is 2.75. The van der Waals surface area contributed by atoms with E-state index in [-0.39, 0.29) is 23.9 Å². The van der Waals surface area contributed by atoms with Crippen molar-refractivity contribution in [2.75, 3.05) is 19.8 Å². The lowest BCUT2D eigenvalue weighted by Crippen LogP contribution is -2.32. The number of nitrogens with zero attached hydrogens (tertiary/aromatic N) is 4. The Morgan fingerprint density at radius 1 is 1.21 bits per heavy atom. The summed E-state index contributed by atoms with van der Waals surface area (Å²) >= 11 is 0. The summed E-state index contributed by atoms with van der Waals surface area (Å²) in [6, 6.07) is 8.17. The molecule has 0 bridgehead atoms. The Morgan fingerprint density at radius 2 is 2.00 bits per heavy atom. The first-order valence-corrected chi connectivity index (χ1v) is 8.94. The summed E-state index contributed by atoms with van der Waals surface area (Å²) in [5, 5.41) is 4.33. The fraction of sp³-hybridized carbons (Fsp3) is 0.300. The van der Waals surface area contributed by atoms with Crippen LogP contribution in [-0.4, -0.2) is 39.6 Å². The van der Waals surface area contributed by atoms with Gasteiger partial charge in [-0.3, -0.25) is 4.79 Å². The molecule has 0 spiro atoms. The molecule has 4 rings (SSSR count). The van der Waals surface area contributed by atoms with Gasteiger partial charge in [0.05, 0.1) is 32.1 Å². The van der Waals surface area contributed by atoms with E-state index in [9.17, 15) is 9.18 Å². The first-order valence-electron chi connectivity index (χ1n) is 8.94. The van der Waals surface area contributed by atoms with Crippen LogP contribution in [0.2, 0.25) is 0 Å². The largest absolute Gasteiger partial charge is 0.463 e. The van der Waals surface area contributed by atoms with E-state index in [0.717, 1.165) is 5.56 Å². The number of hydrogen-bond acceptors (Lipinski definition) is 6. The predicted octanol–water partition coefficient (Wildman–Crippen LogP) is 2.22. The molecule has 0 amide bonds. The zero-order chi connectivity index (χ0) is 19.5. The molecule has 3 aromatic rings. The number of halogens is 1. The van der Waals surface area contributed by atoms with E-state index in [1.807, 2.05) is 6.92 Å². The lowest BCUT2D eigenvalue weighted by molar-refractivity contribution is -0.0520. The third kappa shape index (κ3) is 4.07. The van der Waals surface area contributed by atoms with E-state index in [1.54, 1.807) is 30.6 Å². The van der Waals surface area contributed by atoms with Gasteiger partial charge in [-0.25, -0.2) is 19.0 Å². The van der Waals surface area contributed by atoms with Gasteiger partial charge in [0.15, 0.2) is 0 Å². The average Bonchev–Trinajstić information content (AvgIpc) is 2.65. The highest BCUT2D eigenvalue weighted by molar-refractivity contribution is 5.55. The maximum atomic E-state index is 14.1. The van der Waals surface area contributed by atoms with Crippen molar-refractivity contribution in [1.82, 2.24) is 19.7 Å². The van der Waals surface area contributed by atoms with Crippen LogP contribution < -0.4 is 10.3 Å². The van der Waals surface area contributed by atoms with Crippen molar-refractivity contribution in [3.05, 3.63) is 70.0 Å². The summed E-state index contributed by atoms with van der Waals surface area (Å²) in [6.45, 7) is 3.77. The van der Waals surface area contributed by atoms with Gasteiger partial charge in [0.25, 0.3) is 5.56 Å². The molecule has 0 atom stereocenters. The summed E-state index contributed by atoms with van der Waals surface area (Å²) in [4.78, 5) is 20.5. The summed E-state index contributed by atoms with van der Waals surface area (Å²) in [5.41, 5.74) is 2.06. The zero-order valence-corrected chi connectivity index (χ0v) is 15.3. The number of benzene rings is 1. The maximum Gasteiger partial charge on any atom is 0.316 e. The molecule has 1 fully saturated rings. The minimum Gasteiger partial charge on any atom is -0.463 e. The Balaban J connectivity index is 1.51. The molecule has 0 unspecified atom stereocenters. The van der Waals surface area contributed by atoms with Crippen LogP contribution in [0.1, 0.15) is 11.1 Å². The molecule has 0 saturated carbocycles. The second kappa shape index (κ2) is 7.85. The molecule has 1 aliphatic rings. The van der Waals surface area contributed by atoms with Crippen molar-refractivity contribution in [1.29, 1.82) is 0 Å². The van der Waals surface area contributed by atoms with Crippen LogP contribution in [0.4, 0.5) is 4.39 Å². The normalized spacial score (nSPS) is 13.9. The summed E-state index contributed by atoms with van der Waals surface area (Å²) < 4.78 is 26.0. The molecule has 7 nitrogen and oxygen atoms in total. The van der Waals surface area contributed by atoms with Crippen molar-refractivity contribution in [2.45, 2.75) is 13.5 Å². The zero-order valence-electron chi connectivity index (χ0n) is 15.3. The van der Waals surface area contributed by atoms with Gasteiger partial charge in [-0.15, -0.1) is 0 Å². The highest BCUT2D eigenvalue weighted by Crippen LogP contribution is 2.17. The van der Waals surface area contributed by atoms with Gasteiger partial charge < -0.3 is 9.47 Å². The van der Waals surface area contributed by atoms with Gasteiger partial charge >= 0.3 is 6.01 Å². The molecule has 0 radical (unpaired) electrons. The quantitative estimate of drug-likeness (QED) is 0.650. The minimum absolute atomic E-state index is 0.0459.